The Kier molecular flexibility index (Phi) is 4.30. The molecule has 26 heavy (non-hydrogen) atoms. The number of pyridine rings is 1. The second-order valence-corrected chi connectivity index (χ2v) is 6.51. The number of nitrogens with two attached hydrogens (primary N) is 1. The Bertz CT molecular complexity index is 809. The van der Waals surface area contributed by atoms with Crippen LogP contribution in [0.3, 0.4) is 0 Å². The Morgan fingerprint density at radius 2 is 2.00 bits per heavy atom. The van der Waals surface area contributed by atoms with Crippen molar-refractivity contribution < 1.29 is 19.6 Å². The average molecular weight is 353 g/mol. The number of fused-ring (bicyclic) bond motifs is 1. The lowest BCUT2D eigenvalue weighted by atomic mass is 10.0. The number of urea groups is 1. The minimum atomic E-state index is -0.289. The first-order valence-corrected chi connectivity index (χ1v) is 8.71. The summed E-state index contributed by atoms with van der Waals surface area (Å²) in [7, 11) is 1.58. The molecule has 0 saturated carbocycles. The number of ether oxygens (including phenoxy) is 1. The van der Waals surface area contributed by atoms with Crippen LogP contribution in [0.2, 0.25) is 0 Å². The largest absolute Gasteiger partial charge is 0.497 e. The highest BCUT2D eigenvalue weighted by molar-refractivity contribution is 6.17. The van der Waals surface area contributed by atoms with Gasteiger partial charge in [-0.25, -0.2) is 9.69 Å². The van der Waals surface area contributed by atoms with Crippen molar-refractivity contribution in [1.82, 2.24) is 9.88 Å². The average Bonchev–Trinajstić information content (AvgIpc) is 3.17. The molecule has 7 heteroatoms. The lowest BCUT2D eigenvalue weighted by molar-refractivity contribution is -0.659. The topological polar surface area (TPSA) is 79.3 Å². The zero-order chi connectivity index (χ0) is 18.1. The van der Waals surface area contributed by atoms with Crippen LogP contribution >= 0.6 is 0 Å². The maximum atomic E-state index is 13.2. The van der Waals surface area contributed by atoms with Gasteiger partial charge in [0.05, 0.1) is 31.6 Å². The number of methoxy groups -OCH3 is 1. The van der Waals surface area contributed by atoms with Gasteiger partial charge in [-0.3, -0.25) is 9.78 Å². The number of rotatable bonds is 4. The van der Waals surface area contributed by atoms with E-state index in [1.165, 1.54) is 4.90 Å². The van der Waals surface area contributed by atoms with Gasteiger partial charge in [-0.2, -0.15) is 0 Å². The van der Waals surface area contributed by atoms with E-state index < -0.39 is 0 Å². The molecule has 3 heterocycles. The van der Waals surface area contributed by atoms with Gasteiger partial charge in [0.15, 0.2) is 6.04 Å². The standard InChI is InChI=1S/C19H20N4O3/c1-26-15-7-5-14(6-8-15)23-18(24)17-16(9-11-21-17)22(19(23)25)12-13-4-2-3-10-20-13/h2-8,10,16-17,21H,9,11-12H2,1H3/p+1/t16-,17+/m1/s1. The molecule has 1 aromatic carbocycles. The van der Waals surface area contributed by atoms with Gasteiger partial charge in [0.2, 0.25) is 0 Å². The number of anilines is 1. The number of hydrogen-bond donors (Lipinski definition) is 1. The highest BCUT2D eigenvalue weighted by atomic mass is 16.5. The van der Waals surface area contributed by atoms with E-state index in [9.17, 15) is 9.59 Å². The highest BCUT2D eigenvalue weighted by Gasteiger charge is 2.51. The fourth-order valence-corrected chi connectivity index (χ4v) is 3.73. The van der Waals surface area contributed by atoms with Gasteiger partial charge < -0.3 is 15.0 Å². The molecule has 2 aliphatic heterocycles. The van der Waals surface area contributed by atoms with Crippen LogP contribution in [0.5, 0.6) is 5.75 Å². The van der Waals surface area contributed by atoms with Gasteiger partial charge >= 0.3 is 6.03 Å². The monoisotopic (exact) mass is 353 g/mol. The zero-order valence-corrected chi connectivity index (χ0v) is 14.5. The van der Waals surface area contributed by atoms with E-state index in [1.807, 2.05) is 23.5 Å². The Morgan fingerprint density at radius 3 is 2.69 bits per heavy atom. The summed E-state index contributed by atoms with van der Waals surface area (Å²) < 4.78 is 5.17. The van der Waals surface area contributed by atoms with Crippen molar-refractivity contribution in [2.75, 3.05) is 18.6 Å². The molecule has 3 amide bonds. The summed E-state index contributed by atoms with van der Waals surface area (Å²) in [5, 5.41) is 2.03. The van der Waals surface area contributed by atoms with Gasteiger partial charge in [0.25, 0.3) is 5.91 Å². The van der Waals surface area contributed by atoms with Crippen molar-refractivity contribution in [1.29, 1.82) is 0 Å². The Balaban J connectivity index is 1.67. The van der Waals surface area contributed by atoms with E-state index in [4.69, 9.17) is 4.74 Å². The van der Waals surface area contributed by atoms with E-state index in [-0.39, 0.29) is 24.0 Å². The summed E-state index contributed by atoms with van der Waals surface area (Å²) in [4.78, 5) is 33.6. The smallest absolute Gasteiger partial charge is 0.332 e. The maximum absolute atomic E-state index is 13.2. The first-order chi connectivity index (χ1) is 12.7. The Hall–Kier alpha value is -2.93. The normalized spacial score (nSPS) is 22.5. The summed E-state index contributed by atoms with van der Waals surface area (Å²) in [5.74, 6) is 0.529. The van der Waals surface area contributed by atoms with Crippen LogP contribution in [0.25, 0.3) is 0 Å². The summed E-state index contributed by atoms with van der Waals surface area (Å²) in [6.07, 6.45) is 2.53. The SMILES string of the molecule is COc1ccc(N2C(=O)[C@H]3[NH2+]CC[C@H]3N(Cc3ccccn3)C2=O)cc1. The maximum Gasteiger partial charge on any atom is 0.332 e. The minimum Gasteiger partial charge on any atom is -0.497 e. The lowest BCUT2D eigenvalue weighted by Crippen LogP contribution is -2.93. The number of quaternary nitrogens is 1. The molecule has 4 rings (SSSR count). The van der Waals surface area contributed by atoms with Crippen LogP contribution in [0.4, 0.5) is 10.5 Å². The molecular weight excluding hydrogens is 332 g/mol. The second kappa shape index (κ2) is 6.76. The number of carbonyl (C=O) groups excluding carboxylic acids is 2. The molecule has 2 fully saturated rings. The molecule has 2 saturated heterocycles. The Labute approximate surface area is 151 Å². The van der Waals surface area contributed by atoms with Crippen molar-refractivity contribution in [3.05, 3.63) is 54.4 Å². The summed E-state index contributed by atoms with van der Waals surface area (Å²) >= 11 is 0. The second-order valence-electron chi connectivity index (χ2n) is 6.51. The third kappa shape index (κ3) is 2.80. The molecule has 0 aliphatic carbocycles. The highest BCUT2D eigenvalue weighted by Crippen LogP contribution is 2.28. The first kappa shape index (κ1) is 16.5. The molecule has 0 spiro atoms. The van der Waals surface area contributed by atoms with Gasteiger partial charge in [-0.15, -0.1) is 0 Å². The molecule has 7 nitrogen and oxygen atoms in total. The van der Waals surface area contributed by atoms with E-state index in [1.54, 1.807) is 42.5 Å². The number of benzene rings is 1. The number of hydrogen-bond acceptors (Lipinski definition) is 4. The molecule has 0 bridgehead atoms. The van der Waals surface area contributed by atoms with Gasteiger partial charge in [0, 0.05) is 12.6 Å². The third-order valence-electron chi connectivity index (χ3n) is 5.03. The molecule has 134 valence electrons. The summed E-state index contributed by atoms with van der Waals surface area (Å²) in [5.41, 5.74) is 1.38. The fourth-order valence-electron chi connectivity index (χ4n) is 3.73. The van der Waals surface area contributed by atoms with E-state index >= 15 is 0 Å². The first-order valence-electron chi connectivity index (χ1n) is 8.71. The lowest BCUT2D eigenvalue weighted by Gasteiger charge is -2.39. The number of nitrogens with zero attached hydrogens (tertiary/aromatic N) is 3. The van der Waals surface area contributed by atoms with Crippen LogP contribution in [0.1, 0.15) is 12.1 Å². The van der Waals surface area contributed by atoms with Crippen molar-refractivity contribution in [3.63, 3.8) is 0 Å². The van der Waals surface area contributed by atoms with Crippen LogP contribution < -0.4 is 15.0 Å². The van der Waals surface area contributed by atoms with Gasteiger partial charge in [-0.05, 0) is 36.4 Å². The van der Waals surface area contributed by atoms with Gasteiger partial charge in [0.1, 0.15) is 11.8 Å². The number of amides is 3. The number of carbonyl (C=O) groups is 2. The Morgan fingerprint density at radius 1 is 1.19 bits per heavy atom. The quantitative estimate of drug-likeness (QED) is 0.880. The third-order valence-corrected chi connectivity index (χ3v) is 5.03. The molecule has 2 aliphatic rings. The van der Waals surface area contributed by atoms with Crippen molar-refractivity contribution in [2.45, 2.75) is 25.0 Å². The number of imide groups is 1. The minimum absolute atomic E-state index is 0.0912. The summed E-state index contributed by atoms with van der Waals surface area (Å²) in [6, 6.07) is 12.0. The number of aromatic nitrogens is 1. The molecule has 2 atom stereocenters. The van der Waals surface area contributed by atoms with E-state index in [0.717, 1.165) is 18.7 Å². The van der Waals surface area contributed by atoms with Crippen LogP contribution in [0, 0.1) is 0 Å². The predicted molar refractivity (Wildman–Crippen MR) is 94.6 cm³/mol. The molecule has 2 N–H and O–H groups in total. The molecular formula is C19H21N4O3+. The fraction of sp³-hybridized carbons (Fsp3) is 0.316. The molecule has 0 unspecified atom stereocenters. The van der Waals surface area contributed by atoms with Crippen LogP contribution in [0.15, 0.2) is 48.7 Å². The zero-order valence-electron chi connectivity index (χ0n) is 14.5. The molecule has 1 aromatic heterocycles. The van der Waals surface area contributed by atoms with Crippen LogP contribution in [-0.4, -0.2) is 47.6 Å². The van der Waals surface area contributed by atoms with E-state index in [2.05, 4.69) is 4.98 Å². The van der Waals surface area contributed by atoms with Crippen LogP contribution in [-0.2, 0) is 11.3 Å². The van der Waals surface area contributed by atoms with Gasteiger partial charge in [-0.1, -0.05) is 6.07 Å². The van der Waals surface area contributed by atoms with Crippen molar-refractivity contribution in [3.8, 4) is 5.75 Å². The molecule has 2 aromatic rings. The van der Waals surface area contributed by atoms with Crippen molar-refractivity contribution >= 4 is 17.6 Å². The molecule has 0 radical (unpaired) electrons. The van der Waals surface area contributed by atoms with E-state index in [0.29, 0.717) is 18.0 Å². The predicted octanol–water partition coefficient (Wildman–Crippen LogP) is 0.763. The van der Waals surface area contributed by atoms with Crippen molar-refractivity contribution in [2.24, 2.45) is 0 Å². The summed E-state index contributed by atoms with van der Waals surface area (Å²) in [6.45, 7) is 1.23.